The second-order valence-corrected chi connectivity index (χ2v) is 5.67. The van der Waals surface area contributed by atoms with E-state index in [2.05, 4.69) is 34.5 Å². The molecule has 0 aliphatic carbocycles. The number of pyridine rings is 1. The molecule has 0 saturated carbocycles. The van der Waals surface area contributed by atoms with E-state index in [0.717, 1.165) is 43.3 Å². The van der Waals surface area contributed by atoms with Crippen LogP contribution in [0, 0.1) is 6.92 Å². The molecule has 4 nitrogen and oxygen atoms in total. The molecular formula is C18H23N3O. The molecule has 1 aromatic carbocycles. The summed E-state index contributed by atoms with van der Waals surface area (Å²) in [5, 5.41) is 3.42. The third-order valence-corrected chi connectivity index (χ3v) is 4.14. The van der Waals surface area contributed by atoms with Gasteiger partial charge in [0.15, 0.2) is 0 Å². The summed E-state index contributed by atoms with van der Waals surface area (Å²) in [6.07, 6.45) is 0. The molecule has 1 aliphatic heterocycles. The van der Waals surface area contributed by atoms with E-state index in [0.29, 0.717) is 0 Å². The summed E-state index contributed by atoms with van der Waals surface area (Å²) in [6.45, 7) is 6.17. The fraction of sp³-hybridized carbons (Fsp3) is 0.389. The molecule has 116 valence electrons. The molecule has 0 bridgehead atoms. The molecular weight excluding hydrogens is 274 g/mol. The van der Waals surface area contributed by atoms with Gasteiger partial charge in [-0.3, -0.25) is 9.88 Å². The lowest BCUT2D eigenvalue weighted by molar-refractivity contribution is 0.195. The summed E-state index contributed by atoms with van der Waals surface area (Å²) < 4.78 is 5.28. The molecule has 3 rings (SSSR count). The Labute approximate surface area is 132 Å². The van der Waals surface area contributed by atoms with Gasteiger partial charge in [-0.2, -0.15) is 0 Å². The van der Waals surface area contributed by atoms with Gasteiger partial charge in [0.2, 0.25) is 0 Å². The fourth-order valence-electron chi connectivity index (χ4n) is 3.01. The van der Waals surface area contributed by atoms with Crippen LogP contribution in [0.5, 0.6) is 5.75 Å². The summed E-state index contributed by atoms with van der Waals surface area (Å²) >= 11 is 0. The number of methoxy groups -OCH3 is 1. The van der Waals surface area contributed by atoms with Crippen molar-refractivity contribution in [3.63, 3.8) is 0 Å². The van der Waals surface area contributed by atoms with E-state index < -0.39 is 0 Å². The first kappa shape index (κ1) is 15.0. The summed E-state index contributed by atoms with van der Waals surface area (Å²) in [5.74, 6) is 0.889. The zero-order valence-electron chi connectivity index (χ0n) is 13.2. The van der Waals surface area contributed by atoms with Crippen LogP contribution in [0.2, 0.25) is 0 Å². The highest BCUT2D eigenvalue weighted by Gasteiger charge is 2.25. The van der Waals surface area contributed by atoms with E-state index in [1.165, 1.54) is 5.56 Å². The number of benzene rings is 1. The van der Waals surface area contributed by atoms with Crippen LogP contribution in [0.25, 0.3) is 0 Å². The maximum atomic E-state index is 5.28. The van der Waals surface area contributed by atoms with Crippen molar-refractivity contribution in [1.82, 2.24) is 15.2 Å². The van der Waals surface area contributed by atoms with E-state index in [1.807, 2.05) is 25.1 Å². The SMILES string of the molecule is COc1ccc(C(c2cccc(C)n2)N2CCNCC2)cc1. The summed E-state index contributed by atoms with van der Waals surface area (Å²) in [5.41, 5.74) is 3.44. The first-order chi connectivity index (χ1) is 10.8. The average molecular weight is 297 g/mol. The molecule has 22 heavy (non-hydrogen) atoms. The van der Waals surface area contributed by atoms with Crippen LogP contribution < -0.4 is 10.1 Å². The Balaban J connectivity index is 1.97. The van der Waals surface area contributed by atoms with Crippen molar-refractivity contribution in [3.05, 3.63) is 59.4 Å². The van der Waals surface area contributed by atoms with Crippen LogP contribution >= 0.6 is 0 Å². The second-order valence-electron chi connectivity index (χ2n) is 5.67. The zero-order chi connectivity index (χ0) is 15.4. The summed E-state index contributed by atoms with van der Waals surface area (Å²) in [7, 11) is 1.70. The van der Waals surface area contributed by atoms with Gasteiger partial charge in [0.1, 0.15) is 5.75 Å². The van der Waals surface area contributed by atoms with Gasteiger partial charge in [0, 0.05) is 31.9 Å². The van der Waals surface area contributed by atoms with Crippen LogP contribution in [-0.4, -0.2) is 43.2 Å². The maximum Gasteiger partial charge on any atom is 0.118 e. The molecule has 1 unspecified atom stereocenters. The van der Waals surface area contributed by atoms with E-state index in [9.17, 15) is 0 Å². The van der Waals surface area contributed by atoms with Gasteiger partial charge >= 0.3 is 0 Å². The topological polar surface area (TPSA) is 37.4 Å². The number of ether oxygens (including phenoxy) is 1. The molecule has 0 amide bonds. The third kappa shape index (κ3) is 3.29. The highest BCUT2D eigenvalue weighted by atomic mass is 16.5. The summed E-state index contributed by atoms with van der Waals surface area (Å²) in [6, 6.07) is 14.8. The minimum absolute atomic E-state index is 0.202. The molecule has 1 saturated heterocycles. The minimum atomic E-state index is 0.202. The van der Waals surface area contributed by atoms with Crippen molar-refractivity contribution >= 4 is 0 Å². The van der Waals surface area contributed by atoms with E-state index in [-0.39, 0.29) is 6.04 Å². The highest BCUT2D eigenvalue weighted by Crippen LogP contribution is 2.29. The van der Waals surface area contributed by atoms with Gasteiger partial charge < -0.3 is 10.1 Å². The maximum absolute atomic E-state index is 5.28. The number of hydrogen-bond donors (Lipinski definition) is 1. The smallest absolute Gasteiger partial charge is 0.118 e. The van der Waals surface area contributed by atoms with Gasteiger partial charge in [0.05, 0.1) is 18.8 Å². The first-order valence-electron chi connectivity index (χ1n) is 7.80. The lowest BCUT2D eigenvalue weighted by Gasteiger charge is -2.35. The number of nitrogens with zero attached hydrogens (tertiary/aromatic N) is 2. The minimum Gasteiger partial charge on any atom is -0.497 e. The van der Waals surface area contributed by atoms with Gasteiger partial charge in [-0.1, -0.05) is 18.2 Å². The number of aryl methyl sites for hydroxylation is 1. The molecule has 2 heterocycles. The molecule has 0 spiro atoms. The molecule has 1 N–H and O–H groups in total. The van der Waals surface area contributed by atoms with Crippen molar-refractivity contribution in [1.29, 1.82) is 0 Å². The van der Waals surface area contributed by atoms with Gasteiger partial charge in [-0.25, -0.2) is 0 Å². The highest BCUT2D eigenvalue weighted by molar-refractivity contribution is 5.34. The Morgan fingerprint density at radius 2 is 1.82 bits per heavy atom. The molecule has 1 aromatic heterocycles. The molecule has 2 aromatic rings. The largest absolute Gasteiger partial charge is 0.497 e. The van der Waals surface area contributed by atoms with Crippen LogP contribution in [-0.2, 0) is 0 Å². The Bertz CT molecular complexity index is 606. The van der Waals surface area contributed by atoms with Crippen LogP contribution in [0.1, 0.15) is 23.0 Å². The lowest BCUT2D eigenvalue weighted by atomic mass is 10.00. The Kier molecular flexibility index (Phi) is 4.71. The average Bonchev–Trinajstić information content (AvgIpc) is 2.57. The zero-order valence-corrected chi connectivity index (χ0v) is 13.2. The van der Waals surface area contributed by atoms with Crippen molar-refractivity contribution in [2.75, 3.05) is 33.3 Å². The molecule has 1 aliphatic rings. The van der Waals surface area contributed by atoms with Crippen molar-refractivity contribution in [2.45, 2.75) is 13.0 Å². The van der Waals surface area contributed by atoms with Crippen LogP contribution in [0.4, 0.5) is 0 Å². The van der Waals surface area contributed by atoms with Crippen LogP contribution in [0.3, 0.4) is 0 Å². The predicted molar refractivity (Wildman–Crippen MR) is 88.3 cm³/mol. The van der Waals surface area contributed by atoms with Gasteiger partial charge in [0.25, 0.3) is 0 Å². The molecule has 0 radical (unpaired) electrons. The monoisotopic (exact) mass is 297 g/mol. The number of piperazine rings is 1. The number of aromatic nitrogens is 1. The second kappa shape index (κ2) is 6.90. The lowest BCUT2D eigenvalue weighted by Crippen LogP contribution is -2.45. The van der Waals surface area contributed by atoms with E-state index in [1.54, 1.807) is 7.11 Å². The number of rotatable bonds is 4. The Morgan fingerprint density at radius 3 is 2.45 bits per heavy atom. The standard InChI is InChI=1S/C18H23N3O/c1-14-4-3-5-17(20-14)18(21-12-10-19-11-13-21)15-6-8-16(22-2)9-7-15/h3-9,18-19H,10-13H2,1-2H3. The van der Waals surface area contributed by atoms with E-state index in [4.69, 9.17) is 9.72 Å². The van der Waals surface area contributed by atoms with Crippen molar-refractivity contribution in [2.24, 2.45) is 0 Å². The van der Waals surface area contributed by atoms with Crippen molar-refractivity contribution in [3.8, 4) is 5.75 Å². The Morgan fingerprint density at radius 1 is 1.09 bits per heavy atom. The third-order valence-electron chi connectivity index (χ3n) is 4.14. The fourth-order valence-corrected chi connectivity index (χ4v) is 3.01. The van der Waals surface area contributed by atoms with Gasteiger partial charge in [-0.05, 0) is 36.8 Å². The van der Waals surface area contributed by atoms with Crippen molar-refractivity contribution < 1.29 is 4.74 Å². The first-order valence-corrected chi connectivity index (χ1v) is 7.80. The van der Waals surface area contributed by atoms with Gasteiger partial charge in [-0.15, -0.1) is 0 Å². The number of nitrogens with one attached hydrogen (secondary N) is 1. The number of hydrogen-bond acceptors (Lipinski definition) is 4. The Hall–Kier alpha value is -1.91. The molecule has 1 fully saturated rings. The van der Waals surface area contributed by atoms with E-state index >= 15 is 0 Å². The predicted octanol–water partition coefficient (Wildman–Crippen LogP) is 2.39. The normalized spacial score (nSPS) is 17.2. The summed E-state index contributed by atoms with van der Waals surface area (Å²) in [4.78, 5) is 7.27. The molecule has 4 heteroatoms. The van der Waals surface area contributed by atoms with Crippen LogP contribution in [0.15, 0.2) is 42.5 Å². The quantitative estimate of drug-likeness (QED) is 0.940. The molecule has 1 atom stereocenters.